The number of anilines is 2. The molecule has 16 heteroatoms. The first-order valence-electron chi connectivity index (χ1n) is 16.6. The molecule has 3 aliphatic rings. The van der Waals surface area contributed by atoms with Gasteiger partial charge in [-0.2, -0.15) is 0 Å². The number of halogens is 1. The number of benzene rings is 2. The largest absolute Gasteiger partial charge is 0.495 e. The average molecular weight is 743 g/mol. The Morgan fingerprint density at radius 1 is 1.23 bits per heavy atom. The summed E-state index contributed by atoms with van der Waals surface area (Å²) in [4.78, 5) is 52.6. The third-order valence-corrected chi connectivity index (χ3v) is 10.3. The van der Waals surface area contributed by atoms with E-state index < -0.39 is 64.7 Å². The van der Waals surface area contributed by atoms with Crippen molar-refractivity contribution in [3.8, 4) is 5.75 Å². The van der Waals surface area contributed by atoms with Gasteiger partial charge in [0.15, 0.2) is 5.72 Å². The number of amides is 3. The number of allylic oxidation sites excluding steroid dienone is 3. The molecule has 5 rings (SSSR count). The van der Waals surface area contributed by atoms with Crippen LogP contribution in [0.5, 0.6) is 5.75 Å². The summed E-state index contributed by atoms with van der Waals surface area (Å²) in [6, 6.07) is 7.76. The van der Waals surface area contributed by atoms with E-state index in [0.717, 1.165) is 11.1 Å². The Labute approximate surface area is 306 Å². The predicted octanol–water partition coefficient (Wildman–Crippen LogP) is 5.59. The highest BCUT2D eigenvalue weighted by molar-refractivity contribution is 6.35. The van der Waals surface area contributed by atoms with Gasteiger partial charge < -0.3 is 33.7 Å². The zero-order valence-electron chi connectivity index (χ0n) is 29.9. The van der Waals surface area contributed by atoms with Gasteiger partial charge in [-0.05, 0) is 51.0 Å². The molecule has 7 atom stereocenters. The zero-order chi connectivity index (χ0) is 38.1. The van der Waals surface area contributed by atoms with E-state index >= 15 is 0 Å². The van der Waals surface area contributed by atoms with E-state index in [1.165, 1.54) is 44.2 Å². The molecule has 2 fully saturated rings. The molecule has 3 N–H and O–H groups in total. The average Bonchev–Trinajstić information content (AvgIpc) is 3.78. The Morgan fingerprint density at radius 3 is 2.63 bits per heavy atom. The number of nitro groups is 1. The van der Waals surface area contributed by atoms with Crippen molar-refractivity contribution in [2.75, 3.05) is 31.5 Å². The molecule has 0 spiro atoms. The number of methoxy groups -OCH3 is 2. The second kappa shape index (κ2) is 15.1. The summed E-state index contributed by atoms with van der Waals surface area (Å²) in [6.45, 7) is 6.83. The van der Waals surface area contributed by atoms with Crippen molar-refractivity contribution in [1.82, 2.24) is 5.32 Å². The summed E-state index contributed by atoms with van der Waals surface area (Å²) in [5.41, 5.74) is -0.914. The first-order chi connectivity index (χ1) is 24.5. The lowest BCUT2D eigenvalue weighted by Crippen LogP contribution is -2.63. The number of nitro benzene ring substituents is 1. The number of nitrogens with one attached hydrogen (secondary N) is 2. The quantitative estimate of drug-likeness (QED) is 0.197. The Hall–Kier alpha value is -4.70. The van der Waals surface area contributed by atoms with Gasteiger partial charge in [-0.15, -0.1) is 0 Å². The number of fused-ring (bicyclic) bond motifs is 5. The number of carbonyl (C=O) groups is 3. The number of aliphatic hydroxyl groups is 1. The van der Waals surface area contributed by atoms with Gasteiger partial charge in [-0.25, -0.2) is 9.59 Å². The summed E-state index contributed by atoms with van der Waals surface area (Å²) in [5, 5.41) is 28.4. The van der Waals surface area contributed by atoms with Crippen LogP contribution in [0.1, 0.15) is 44.7 Å². The Morgan fingerprint density at radius 2 is 1.96 bits per heavy atom. The van der Waals surface area contributed by atoms with Crippen LogP contribution in [0, 0.1) is 23.0 Å². The van der Waals surface area contributed by atoms with Crippen LogP contribution in [0.25, 0.3) is 0 Å². The molecule has 2 aromatic rings. The van der Waals surface area contributed by atoms with Crippen LogP contribution in [0.4, 0.5) is 26.7 Å². The Kier molecular flexibility index (Phi) is 11.2. The number of nitrogens with zero attached hydrogens (tertiary/aromatic N) is 2. The van der Waals surface area contributed by atoms with Crippen LogP contribution in [-0.4, -0.2) is 85.1 Å². The second-order valence-corrected chi connectivity index (χ2v) is 13.9. The minimum Gasteiger partial charge on any atom is -0.495 e. The van der Waals surface area contributed by atoms with Crippen molar-refractivity contribution >= 4 is 46.8 Å². The van der Waals surface area contributed by atoms with Crippen LogP contribution >= 0.6 is 11.6 Å². The lowest BCUT2D eigenvalue weighted by Gasteiger charge is -2.42. The lowest BCUT2D eigenvalue weighted by atomic mass is 9.83. The smallest absolute Gasteiger partial charge is 0.412 e. The van der Waals surface area contributed by atoms with Crippen LogP contribution in [0.2, 0.25) is 5.02 Å². The van der Waals surface area contributed by atoms with E-state index in [-0.39, 0.29) is 34.8 Å². The first kappa shape index (κ1) is 38.5. The third-order valence-electron chi connectivity index (χ3n) is 9.94. The SMILES string of the molecule is COc1cc2cc(c1Cl)N(C)C(=O)C[C@H](OC(=O)Nc1cccc([N+](=O)[O-])c1C)[C@]1(C)O[C@H]1[C@H](C)[C@@H]1C[C@@](O)(NC(=O)O1)[C@H](OC)/C=C/C=C(\C)C2. The first-order valence-corrected chi connectivity index (χ1v) is 17.0. The van der Waals surface area contributed by atoms with Gasteiger partial charge in [0.25, 0.3) is 5.69 Å². The molecule has 0 aliphatic carbocycles. The zero-order valence-corrected chi connectivity index (χ0v) is 30.7. The highest BCUT2D eigenvalue weighted by atomic mass is 35.5. The molecule has 15 nitrogen and oxygen atoms in total. The molecule has 4 bridgehead atoms. The summed E-state index contributed by atoms with van der Waals surface area (Å²) < 4.78 is 28.9. The van der Waals surface area contributed by atoms with Crippen molar-refractivity contribution in [3.63, 3.8) is 0 Å². The topological polar surface area (TPSA) is 191 Å². The highest BCUT2D eigenvalue weighted by Gasteiger charge is 2.64. The molecule has 0 unspecified atom stereocenters. The Bertz CT molecular complexity index is 1820. The number of ether oxygens (including phenoxy) is 5. The fourth-order valence-electron chi connectivity index (χ4n) is 6.83. The molecule has 3 aliphatic heterocycles. The number of hydrogen-bond donors (Lipinski definition) is 3. The summed E-state index contributed by atoms with van der Waals surface area (Å²) in [6.07, 6.45) is -0.401. The van der Waals surface area contributed by atoms with Gasteiger partial charge in [-0.1, -0.05) is 48.4 Å². The number of alkyl carbamates (subject to hydrolysis) is 1. The molecule has 0 aromatic heterocycles. The number of hydrogen-bond acceptors (Lipinski definition) is 11. The van der Waals surface area contributed by atoms with Gasteiger partial charge in [0.2, 0.25) is 5.91 Å². The van der Waals surface area contributed by atoms with Gasteiger partial charge >= 0.3 is 12.2 Å². The second-order valence-electron chi connectivity index (χ2n) is 13.5. The van der Waals surface area contributed by atoms with Gasteiger partial charge in [0.05, 0.1) is 41.5 Å². The molecule has 280 valence electrons. The van der Waals surface area contributed by atoms with Gasteiger partial charge in [0.1, 0.15) is 34.7 Å². The Balaban J connectivity index is 1.54. The molecule has 0 radical (unpaired) electrons. The number of carbonyl (C=O) groups excluding carboxylic acids is 3. The van der Waals surface area contributed by atoms with Crippen LogP contribution in [0.15, 0.2) is 54.1 Å². The molecule has 2 aromatic carbocycles. The predicted molar refractivity (Wildman–Crippen MR) is 191 cm³/mol. The standard InChI is InChI=1S/C36H43ClN4O11/c1-19-10-8-13-28(49-7)36(45)18-27(50-34(44)39-36)21(3)32-35(4,52-32)29(51-33(43)38-23-11-9-12-24(20(23)2)41(46)47)17-30(42)40(5)25-15-22(14-19)16-26(48-6)31(25)37/h8-13,15-16,21,27-29,32,45H,14,17-18H2,1-7H3,(H,38,43)(H,39,44)/b13-8+,19-10+/t21-,27+,28-,29+,32+,35+,36+/m1/s1. The van der Waals surface area contributed by atoms with Crippen LogP contribution < -0.4 is 20.3 Å². The maximum Gasteiger partial charge on any atom is 0.412 e. The van der Waals surface area contributed by atoms with E-state index in [1.54, 1.807) is 45.2 Å². The molecular formula is C36H43ClN4O11. The minimum atomic E-state index is -1.85. The number of epoxide rings is 1. The fraction of sp³-hybridized carbons (Fsp3) is 0.472. The molecule has 3 heterocycles. The third kappa shape index (κ3) is 7.87. The van der Waals surface area contributed by atoms with E-state index in [0.29, 0.717) is 17.9 Å². The van der Waals surface area contributed by atoms with Crippen molar-refractivity contribution in [1.29, 1.82) is 0 Å². The fourth-order valence-corrected chi connectivity index (χ4v) is 7.14. The maximum atomic E-state index is 14.1. The lowest BCUT2D eigenvalue weighted by molar-refractivity contribution is -0.385. The monoisotopic (exact) mass is 742 g/mol. The summed E-state index contributed by atoms with van der Waals surface area (Å²) in [5.74, 6) is -0.699. The van der Waals surface area contributed by atoms with Crippen molar-refractivity contribution in [2.24, 2.45) is 5.92 Å². The highest BCUT2D eigenvalue weighted by Crippen LogP contribution is 2.49. The van der Waals surface area contributed by atoms with E-state index in [4.69, 9.17) is 35.3 Å². The summed E-state index contributed by atoms with van der Waals surface area (Å²) >= 11 is 6.72. The van der Waals surface area contributed by atoms with Gasteiger partial charge in [0, 0.05) is 32.6 Å². The molecule has 3 amide bonds. The van der Waals surface area contributed by atoms with Crippen LogP contribution in [-0.2, 0) is 30.2 Å². The van der Waals surface area contributed by atoms with E-state index in [2.05, 4.69) is 10.6 Å². The van der Waals surface area contributed by atoms with Crippen molar-refractivity contribution in [3.05, 3.63) is 80.4 Å². The molecule has 52 heavy (non-hydrogen) atoms. The maximum absolute atomic E-state index is 14.1. The summed E-state index contributed by atoms with van der Waals surface area (Å²) in [7, 11) is 4.42. The molecule has 0 saturated carbocycles. The molecular weight excluding hydrogens is 700 g/mol. The van der Waals surface area contributed by atoms with E-state index in [9.17, 15) is 29.6 Å². The van der Waals surface area contributed by atoms with Crippen molar-refractivity contribution < 1.29 is 48.1 Å². The van der Waals surface area contributed by atoms with Crippen LogP contribution in [0.3, 0.4) is 0 Å². The normalized spacial score (nSPS) is 30.8. The number of rotatable bonds is 5. The van der Waals surface area contributed by atoms with Gasteiger partial charge in [-0.3, -0.25) is 25.5 Å². The van der Waals surface area contributed by atoms with Crippen molar-refractivity contribution in [2.45, 2.75) is 82.7 Å². The minimum absolute atomic E-state index is 0.0781. The van der Waals surface area contributed by atoms with E-state index in [1.807, 2.05) is 13.0 Å². The molecule has 2 saturated heterocycles.